The molecule has 1 aliphatic rings. The number of hydrogen-bond donors (Lipinski definition) is 1. The van der Waals surface area contributed by atoms with Crippen molar-refractivity contribution in [3.05, 3.63) is 48.0 Å². The van der Waals surface area contributed by atoms with E-state index in [-0.39, 0.29) is 18.6 Å². The normalized spacial score (nSPS) is 16.5. The van der Waals surface area contributed by atoms with E-state index >= 15 is 0 Å². The summed E-state index contributed by atoms with van der Waals surface area (Å²) in [5.74, 6) is 2.31. The van der Waals surface area contributed by atoms with Gasteiger partial charge in [-0.05, 0) is 36.2 Å². The number of nitrogens with one attached hydrogen (secondary N) is 1. The smallest absolute Gasteiger partial charge is 0.265 e. The maximum Gasteiger partial charge on any atom is 0.265 e. The lowest BCUT2D eigenvalue weighted by molar-refractivity contribution is -0.131. The lowest BCUT2D eigenvalue weighted by Gasteiger charge is -2.27. The molecule has 1 aliphatic heterocycles. The number of carbonyl (C=O) groups is 1. The van der Waals surface area contributed by atoms with E-state index < -0.39 is 6.10 Å². The molecule has 0 saturated heterocycles. The molecule has 0 saturated carbocycles. The van der Waals surface area contributed by atoms with Crippen molar-refractivity contribution >= 4 is 5.91 Å². The standard InChI is InChI=1S/C20H23NO5/c1-4-14(13-9-10-15(23-2)18(11-13)24-3)21-20(22)19-12-25-16-7-5-6-8-17(16)26-19/h5-11,14,19H,4,12H2,1-3H3,(H,21,22). The van der Waals surface area contributed by atoms with Gasteiger partial charge in [-0.25, -0.2) is 0 Å². The Kier molecular flexibility index (Phi) is 5.51. The largest absolute Gasteiger partial charge is 0.493 e. The first kappa shape index (κ1) is 17.9. The number of rotatable bonds is 6. The molecule has 0 aliphatic carbocycles. The van der Waals surface area contributed by atoms with Crippen LogP contribution in [0.15, 0.2) is 42.5 Å². The van der Waals surface area contributed by atoms with Gasteiger partial charge in [0.15, 0.2) is 23.0 Å². The van der Waals surface area contributed by atoms with Crippen molar-refractivity contribution in [3.63, 3.8) is 0 Å². The minimum absolute atomic E-state index is 0.164. The van der Waals surface area contributed by atoms with Crippen molar-refractivity contribution < 1.29 is 23.7 Å². The van der Waals surface area contributed by atoms with Crippen molar-refractivity contribution in [1.29, 1.82) is 0 Å². The minimum Gasteiger partial charge on any atom is -0.493 e. The average molecular weight is 357 g/mol. The molecule has 2 atom stereocenters. The SMILES string of the molecule is CCC(NC(=O)C1COc2ccccc2O1)c1ccc(OC)c(OC)c1. The Morgan fingerprint density at radius 2 is 1.88 bits per heavy atom. The summed E-state index contributed by atoms with van der Waals surface area (Å²) in [6.45, 7) is 2.19. The Hall–Kier alpha value is -2.89. The van der Waals surface area contributed by atoms with Crippen LogP contribution in [-0.2, 0) is 4.79 Å². The molecule has 138 valence electrons. The topological polar surface area (TPSA) is 66.0 Å². The molecule has 6 nitrogen and oxygen atoms in total. The molecule has 3 rings (SSSR count). The van der Waals surface area contributed by atoms with Crippen molar-refractivity contribution in [2.24, 2.45) is 0 Å². The summed E-state index contributed by atoms with van der Waals surface area (Å²) in [5.41, 5.74) is 0.940. The number of carbonyl (C=O) groups excluding carboxylic acids is 1. The number of ether oxygens (including phenoxy) is 4. The molecule has 26 heavy (non-hydrogen) atoms. The van der Waals surface area contributed by atoms with Gasteiger partial charge in [0.1, 0.15) is 6.61 Å². The van der Waals surface area contributed by atoms with Crippen molar-refractivity contribution in [2.45, 2.75) is 25.5 Å². The lowest BCUT2D eigenvalue weighted by atomic mass is 10.0. The fourth-order valence-corrected chi connectivity index (χ4v) is 2.90. The second kappa shape index (κ2) is 7.99. The highest BCUT2D eigenvalue weighted by Gasteiger charge is 2.29. The van der Waals surface area contributed by atoms with Crippen LogP contribution in [0.5, 0.6) is 23.0 Å². The third kappa shape index (κ3) is 3.69. The van der Waals surface area contributed by atoms with E-state index in [1.807, 2.05) is 43.3 Å². The number of amides is 1. The van der Waals surface area contributed by atoms with Gasteiger partial charge in [-0.2, -0.15) is 0 Å². The predicted molar refractivity (Wildman–Crippen MR) is 97.1 cm³/mol. The van der Waals surface area contributed by atoms with Gasteiger partial charge in [0.25, 0.3) is 5.91 Å². The predicted octanol–water partition coefficient (Wildman–Crippen LogP) is 3.11. The monoisotopic (exact) mass is 357 g/mol. The summed E-state index contributed by atoms with van der Waals surface area (Å²) in [5, 5.41) is 3.03. The van der Waals surface area contributed by atoms with Crippen LogP contribution >= 0.6 is 0 Å². The fraction of sp³-hybridized carbons (Fsp3) is 0.350. The van der Waals surface area contributed by atoms with E-state index in [2.05, 4.69) is 5.32 Å². The summed E-state index contributed by atoms with van der Waals surface area (Å²) >= 11 is 0. The molecule has 6 heteroatoms. The van der Waals surface area contributed by atoms with Crippen LogP contribution < -0.4 is 24.3 Å². The molecule has 1 amide bonds. The highest BCUT2D eigenvalue weighted by atomic mass is 16.6. The van der Waals surface area contributed by atoms with Crippen LogP contribution in [0.4, 0.5) is 0 Å². The third-order valence-corrected chi connectivity index (χ3v) is 4.34. The molecular formula is C20H23NO5. The van der Waals surface area contributed by atoms with Crippen LogP contribution in [0.2, 0.25) is 0 Å². The highest BCUT2D eigenvalue weighted by molar-refractivity contribution is 5.82. The van der Waals surface area contributed by atoms with Gasteiger partial charge in [-0.15, -0.1) is 0 Å². The molecule has 2 unspecified atom stereocenters. The van der Waals surface area contributed by atoms with Crippen LogP contribution in [-0.4, -0.2) is 32.8 Å². The number of fused-ring (bicyclic) bond motifs is 1. The van der Waals surface area contributed by atoms with Gasteiger partial charge in [-0.3, -0.25) is 4.79 Å². The van der Waals surface area contributed by atoms with Gasteiger partial charge in [0.2, 0.25) is 6.10 Å². The lowest BCUT2D eigenvalue weighted by Crippen LogP contribution is -2.45. The molecule has 2 aromatic rings. The molecule has 0 radical (unpaired) electrons. The van der Waals surface area contributed by atoms with Gasteiger partial charge < -0.3 is 24.3 Å². The first-order valence-corrected chi connectivity index (χ1v) is 8.57. The average Bonchev–Trinajstić information content (AvgIpc) is 2.70. The van der Waals surface area contributed by atoms with Crippen molar-refractivity contribution in [3.8, 4) is 23.0 Å². The Bertz CT molecular complexity index is 777. The van der Waals surface area contributed by atoms with E-state index in [0.717, 1.165) is 12.0 Å². The molecule has 0 aromatic heterocycles. The Labute approximate surface area is 153 Å². The zero-order valence-electron chi connectivity index (χ0n) is 15.2. The summed E-state index contributed by atoms with van der Waals surface area (Å²) in [6, 6.07) is 12.8. The summed E-state index contributed by atoms with van der Waals surface area (Å²) in [7, 11) is 3.18. The molecule has 0 spiro atoms. The number of benzene rings is 2. The van der Waals surface area contributed by atoms with Gasteiger partial charge >= 0.3 is 0 Å². The van der Waals surface area contributed by atoms with Crippen LogP contribution in [0.1, 0.15) is 24.9 Å². The minimum atomic E-state index is -0.681. The van der Waals surface area contributed by atoms with E-state index in [1.54, 1.807) is 20.3 Å². The van der Waals surface area contributed by atoms with Gasteiger partial charge in [0.05, 0.1) is 20.3 Å². The van der Waals surface area contributed by atoms with Crippen LogP contribution in [0.3, 0.4) is 0 Å². The maximum atomic E-state index is 12.7. The van der Waals surface area contributed by atoms with E-state index in [1.165, 1.54) is 0 Å². The second-order valence-electron chi connectivity index (χ2n) is 5.95. The van der Waals surface area contributed by atoms with E-state index in [9.17, 15) is 4.79 Å². The zero-order valence-corrected chi connectivity index (χ0v) is 15.2. The maximum absolute atomic E-state index is 12.7. The van der Waals surface area contributed by atoms with Crippen molar-refractivity contribution in [1.82, 2.24) is 5.32 Å². The van der Waals surface area contributed by atoms with Gasteiger partial charge in [-0.1, -0.05) is 25.1 Å². The first-order valence-electron chi connectivity index (χ1n) is 8.57. The van der Waals surface area contributed by atoms with Crippen molar-refractivity contribution in [2.75, 3.05) is 20.8 Å². The first-order chi connectivity index (χ1) is 12.7. The molecular weight excluding hydrogens is 334 g/mol. The Morgan fingerprint density at radius 3 is 2.58 bits per heavy atom. The molecule has 1 heterocycles. The number of methoxy groups -OCH3 is 2. The molecule has 0 fully saturated rings. The summed E-state index contributed by atoms with van der Waals surface area (Å²) in [6.07, 6.45) is 0.0462. The fourth-order valence-electron chi connectivity index (χ4n) is 2.90. The quantitative estimate of drug-likeness (QED) is 0.860. The summed E-state index contributed by atoms with van der Waals surface area (Å²) in [4.78, 5) is 12.7. The molecule has 0 bridgehead atoms. The Morgan fingerprint density at radius 1 is 1.15 bits per heavy atom. The summed E-state index contributed by atoms with van der Waals surface area (Å²) < 4.78 is 22.0. The highest BCUT2D eigenvalue weighted by Crippen LogP contribution is 2.32. The number of hydrogen-bond acceptors (Lipinski definition) is 5. The van der Waals surface area contributed by atoms with Gasteiger partial charge in [0, 0.05) is 0 Å². The Balaban J connectivity index is 1.71. The zero-order chi connectivity index (χ0) is 18.5. The van der Waals surface area contributed by atoms with Crippen LogP contribution in [0, 0.1) is 0 Å². The van der Waals surface area contributed by atoms with Crippen LogP contribution in [0.25, 0.3) is 0 Å². The third-order valence-electron chi connectivity index (χ3n) is 4.34. The van der Waals surface area contributed by atoms with E-state index in [0.29, 0.717) is 23.0 Å². The molecule has 1 N–H and O–H groups in total. The van der Waals surface area contributed by atoms with E-state index in [4.69, 9.17) is 18.9 Å². The number of para-hydroxylation sites is 2. The second-order valence-corrected chi connectivity index (χ2v) is 5.95. The molecule has 2 aromatic carbocycles.